The second-order valence-electron chi connectivity index (χ2n) is 8.52. The van der Waals surface area contributed by atoms with Crippen molar-refractivity contribution < 1.29 is 0 Å². The highest BCUT2D eigenvalue weighted by Gasteiger charge is 2.28. The van der Waals surface area contributed by atoms with Gasteiger partial charge in [0, 0.05) is 61.5 Å². The van der Waals surface area contributed by atoms with Crippen LogP contribution in [0, 0.1) is 0 Å². The maximum Gasteiger partial charge on any atom is 0.255 e. The van der Waals surface area contributed by atoms with Gasteiger partial charge in [-0.25, -0.2) is 9.97 Å². The van der Waals surface area contributed by atoms with Crippen molar-refractivity contribution in [3.63, 3.8) is 0 Å². The molecule has 5 nitrogen and oxygen atoms in total. The molecule has 28 heavy (non-hydrogen) atoms. The van der Waals surface area contributed by atoms with Gasteiger partial charge in [0.15, 0.2) is 0 Å². The van der Waals surface area contributed by atoms with E-state index in [4.69, 9.17) is 4.98 Å². The van der Waals surface area contributed by atoms with Crippen LogP contribution in [0.1, 0.15) is 53.4 Å². The lowest BCUT2D eigenvalue weighted by Crippen LogP contribution is -2.35. The predicted molar refractivity (Wildman–Crippen MR) is 108 cm³/mol. The monoisotopic (exact) mass is 372 g/mol. The Morgan fingerprint density at radius 3 is 2.93 bits per heavy atom. The number of nitrogens with zero attached hydrogens (tertiary/aromatic N) is 4. The molecule has 0 N–H and O–H groups in total. The van der Waals surface area contributed by atoms with Crippen molar-refractivity contribution in [3.05, 3.63) is 69.0 Å². The Labute approximate surface area is 164 Å². The standard InChI is InChI=1S/C23H24N4O/c28-23-18(11-17-4-1-3-15-5-2-9-27(23)21(15)17)13-26-10-8-20-19(14-26)12-24-22(25-20)16-6-7-16/h1,3-4,11-12,16H,2,5-10,13-14H2. The molecule has 1 fully saturated rings. The summed E-state index contributed by atoms with van der Waals surface area (Å²) in [5.41, 5.74) is 5.98. The number of aromatic nitrogens is 3. The van der Waals surface area contributed by atoms with Crippen molar-refractivity contribution in [2.45, 2.75) is 57.7 Å². The van der Waals surface area contributed by atoms with E-state index in [2.05, 4.69) is 34.1 Å². The molecule has 1 aromatic carbocycles. The Morgan fingerprint density at radius 2 is 2.04 bits per heavy atom. The van der Waals surface area contributed by atoms with E-state index < -0.39 is 0 Å². The number of hydrogen-bond acceptors (Lipinski definition) is 4. The summed E-state index contributed by atoms with van der Waals surface area (Å²) in [6.07, 6.45) is 7.56. The fourth-order valence-corrected chi connectivity index (χ4v) is 4.84. The van der Waals surface area contributed by atoms with Gasteiger partial charge in [-0.3, -0.25) is 9.69 Å². The molecule has 0 spiro atoms. The summed E-state index contributed by atoms with van der Waals surface area (Å²) in [4.78, 5) is 24.9. The lowest BCUT2D eigenvalue weighted by atomic mass is 9.99. The molecule has 0 saturated heterocycles. The lowest BCUT2D eigenvalue weighted by Gasteiger charge is -2.28. The molecule has 1 saturated carbocycles. The number of aryl methyl sites for hydroxylation is 2. The molecule has 0 atom stereocenters. The van der Waals surface area contributed by atoms with Crippen LogP contribution < -0.4 is 5.56 Å². The van der Waals surface area contributed by atoms with Crippen molar-refractivity contribution in [1.82, 2.24) is 19.4 Å². The third-order valence-electron chi connectivity index (χ3n) is 6.47. The van der Waals surface area contributed by atoms with Gasteiger partial charge in [-0.15, -0.1) is 0 Å². The topological polar surface area (TPSA) is 51.0 Å². The van der Waals surface area contributed by atoms with Gasteiger partial charge in [0.2, 0.25) is 0 Å². The molecule has 142 valence electrons. The molecule has 0 radical (unpaired) electrons. The number of benzene rings is 1. The van der Waals surface area contributed by atoms with Crippen LogP contribution >= 0.6 is 0 Å². The Hall–Kier alpha value is -2.53. The quantitative estimate of drug-likeness (QED) is 0.709. The van der Waals surface area contributed by atoms with Crippen molar-refractivity contribution in [1.29, 1.82) is 0 Å². The van der Waals surface area contributed by atoms with E-state index in [1.165, 1.54) is 35.0 Å². The van der Waals surface area contributed by atoms with E-state index in [1.54, 1.807) is 0 Å². The van der Waals surface area contributed by atoms with Gasteiger partial charge in [0.05, 0.1) is 5.52 Å². The second-order valence-corrected chi connectivity index (χ2v) is 8.52. The Balaban J connectivity index is 1.31. The van der Waals surface area contributed by atoms with Crippen molar-refractivity contribution in [2.75, 3.05) is 6.54 Å². The molecular weight excluding hydrogens is 348 g/mol. The normalized spacial score (nSPS) is 19.0. The first kappa shape index (κ1) is 16.4. The first-order valence-corrected chi connectivity index (χ1v) is 10.5. The minimum absolute atomic E-state index is 0.186. The smallest absolute Gasteiger partial charge is 0.255 e. The van der Waals surface area contributed by atoms with E-state index in [0.29, 0.717) is 12.5 Å². The highest BCUT2D eigenvalue weighted by Crippen LogP contribution is 2.38. The molecule has 0 bridgehead atoms. The Kier molecular flexibility index (Phi) is 3.66. The summed E-state index contributed by atoms with van der Waals surface area (Å²) >= 11 is 0. The summed E-state index contributed by atoms with van der Waals surface area (Å²) in [6, 6.07) is 8.54. The van der Waals surface area contributed by atoms with Gasteiger partial charge < -0.3 is 4.57 Å². The maximum absolute atomic E-state index is 13.2. The molecule has 5 heteroatoms. The predicted octanol–water partition coefficient (Wildman–Crippen LogP) is 3.17. The van der Waals surface area contributed by atoms with E-state index in [1.807, 2.05) is 10.8 Å². The summed E-state index contributed by atoms with van der Waals surface area (Å²) in [6.45, 7) is 3.31. The van der Waals surface area contributed by atoms with Gasteiger partial charge in [-0.1, -0.05) is 18.2 Å². The van der Waals surface area contributed by atoms with Gasteiger partial charge in [0.1, 0.15) is 5.82 Å². The molecule has 0 amide bonds. The zero-order chi connectivity index (χ0) is 18.7. The average Bonchev–Trinajstić information content (AvgIpc) is 3.57. The first-order valence-electron chi connectivity index (χ1n) is 10.5. The van der Waals surface area contributed by atoms with Crippen LogP contribution in [0.2, 0.25) is 0 Å². The molecule has 1 aliphatic carbocycles. The molecule has 0 unspecified atom stereocenters. The van der Waals surface area contributed by atoms with E-state index in [-0.39, 0.29) is 5.56 Å². The molecule has 3 aliphatic rings. The fraction of sp³-hybridized carbons (Fsp3) is 0.435. The Morgan fingerprint density at radius 1 is 1.11 bits per heavy atom. The van der Waals surface area contributed by atoms with Crippen molar-refractivity contribution in [3.8, 4) is 0 Å². The third-order valence-corrected chi connectivity index (χ3v) is 6.47. The molecule has 2 aliphatic heterocycles. The van der Waals surface area contributed by atoms with Crippen LogP contribution in [0.3, 0.4) is 0 Å². The minimum Gasteiger partial charge on any atom is -0.308 e. The molecule has 2 aromatic heterocycles. The molecule has 6 rings (SSSR count). The number of para-hydroxylation sites is 1. The van der Waals surface area contributed by atoms with E-state index in [9.17, 15) is 4.79 Å². The number of fused-ring (bicyclic) bond motifs is 1. The average molecular weight is 372 g/mol. The van der Waals surface area contributed by atoms with Gasteiger partial charge in [0.25, 0.3) is 5.56 Å². The molecule has 4 heterocycles. The maximum atomic E-state index is 13.2. The van der Waals surface area contributed by atoms with Crippen LogP contribution in [0.5, 0.6) is 0 Å². The summed E-state index contributed by atoms with van der Waals surface area (Å²) in [5.74, 6) is 1.64. The zero-order valence-corrected chi connectivity index (χ0v) is 16.0. The first-order chi connectivity index (χ1) is 13.8. The SMILES string of the molecule is O=c1c(CN2CCc3nc(C4CC4)ncc3C2)cc2cccc3c2n1CCC3. The van der Waals surface area contributed by atoms with Crippen LogP contribution in [-0.4, -0.2) is 26.0 Å². The van der Waals surface area contributed by atoms with Crippen LogP contribution in [0.25, 0.3) is 10.9 Å². The summed E-state index contributed by atoms with van der Waals surface area (Å²) < 4.78 is 2.01. The Bertz CT molecular complexity index is 1150. The molecule has 3 aromatic rings. The fourth-order valence-electron chi connectivity index (χ4n) is 4.84. The highest BCUT2D eigenvalue weighted by atomic mass is 16.1. The van der Waals surface area contributed by atoms with Crippen LogP contribution in [0.4, 0.5) is 0 Å². The minimum atomic E-state index is 0.186. The molecular formula is C23H24N4O. The van der Waals surface area contributed by atoms with E-state index in [0.717, 1.165) is 55.8 Å². The second kappa shape index (κ2) is 6.24. The zero-order valence-electron chi connectivity index (χ0n) is 16.0. The van der Waals surface area contributed by atoms with Gasteiger partial charge >= 0.3 is 0 Å². The van der Waals surface area contributed by atoms with Crippen molar-refractivity contribution >= 4 is 10.9 Å². The number of pyridine rings is 1. The number of rotatable bonds is 3. The lowest BCUT2D eigenvalue weighted by molar-refractivity contribution is 0.241. The van der Waals surface area contributed by atoms with Gasteiger partial charge in [-0.05, 0) is 42.7 Å². The largest absolute Gasteiger partial charge is 0.308 e. The van der Waals surface area contributed by atoms with E-state index >= 15 is 0 Å². The van der Waals surface area contributed by atoms with Gasteiger partial charge in [-0.2, -0.15) is 0 Å². The van der Waals surface area contributed by atoms with Crippen LogP contribution in [0.15, 0.2) is 35.3 Å². The van der Waals surface area contributed by atoms with Crippen molar-refractivity contribution in [2.24, 2.45) is 0 Å². The number of hydrogen-bond donors (Lipinski definition) is 0. The highest BCUT2D eigenvalue weighted by molar-refractivity contribution is 5.83. The summed E-state index contributed by atoms with van der Waals surface area (Å²) in [5, 5.41) is 1.20. The van der Waals surface area contributed by atoms with Crippen LogP contribution in [-0.2, 0) is 32.5 Å². The third kappa shape index (κ3) is 2.68. The summed E-state index contributed by atoms with van der Waals surface area (Å²) in [7, 11) is 0.